The van der Waals surface area contributed by atoms with E-state index in [-0.39, 0.29) is 18.7 Å². The van der Waals surface area contributed by atoms with Crippen LogP contribution in [-0.2, 0) is 17.8 Å². The van der Waals surface area contributed by atoms with Crippen molar-refractivity contribution in [3.8, 4) is 11.5 Å². The number of carbonyl (C=O) groups excluding carboxylic acids is 1. The Morgan fingerprint density at radius 1 is 1.12 bits per heavy atom. The smallest absolute Gasteiger partial charge is 0.231 e. The van der Waals surface area contributed by atoms with Gasteiger partial charge in [0.2, 0.25) is 12.7 Å². The molecule has 24 heavy (non-hydrogen) atoms. The highest BCUT2D eigenvalue weighted by Crippen LogP contribution is 2.32. The quantitative estimate of drug-likeness (QED) is 0.885. The second kappa shape index (κ2) is 7.36. The molecule has 126 valence electrons. The van der Waals surface area contributed by atoms with Crippen LogP contribution < -0.4 is 15.2 Å². The third kappa shape index (κ3) is 4.06. The average molecular weight is 326 g/mol. The van der Waals surface area contributed by atoms with Crippen molar-refractivity contribution in [1.82, 2.24) is 4.90 Å². The number of hydrogen-bond acceptors (Lipinski definition) is 4. The fourth-order valence-corrected chi connectivity index (χ4v) is 2.77. The van der Waals surface area contributed by atoms with Crippen molar-refractivity contribution in [2.75, 3.05) is 13.8 Å². The molecular formula is C19H22N2O3. The first-order chi connectivity index (χ1) is 11.6. The minimum absolute atomic E-state index is 0.0381. The van der Waals surface area contributed by atoms with E-state index in [0.717, 1.165) is 22.6 Å². The second-order valence-corrected chi connectivity index (χ2v) is 6.09. The largest absolute Gasteiger partial charge is 0.454 e. The normalized spacial score (nSPS) is 13.6. The van der Waals surface area contributed by atoms with E-state index >= 15 is 0 Å². The molecule has 2 aromatic carbocycles. The highest BCUT2D eigenvalue weighted by Gasteiger charge is 2.17. The maximum atomic E-state index is 12.4. The summed E-state index contributed by atoms with van der Waals surface area (Å²) in [5, 5.41) is 0. The standard InChI is InChI=1S/C19H22N2O3/c1-21(12-15-7-8-17-18(10-15)24-13-23-17)19(22)11-16(20)9-14-5-3-2-4-6-14/h2-8,10,16H,9,11-13,20H2,1H3/t16-/m0/s1. The lowest BCUT2D eigenvalue weighted by Gasteiger charge is -2.20. The molecule has 0 saturated heterocycles. The Morgan fingerprint density at radius 3 is 2.67 bits per heavy atom. The average Bonchev–Trinajstić information content (AvgIpc) is 3.03. The van der Waals surface area contributed by atoms with Gasteiger partial charge in [0.05, 0.1) is 0 Å². The molecule has 0 radical (unpaired) electrons. The van der Waals surface area contributed by atoms with Crippen LogP contribution in [0.15, 0.2) is 48.5 Å². The van der Waals surface area contributed by atoms with Crippen molar-refractivity contribution in [2.45, 2.75) is 25.4 Å². The van der Waals surface area contributed by atoms with Gasteiger partial charge in [-0.05, 0) is 29.7 Å². The molecule has 2 aromatic rings. The first-order valence-electron chi connectivity index (χ1n) is 8.04. The molecule has 1 amide bonds. The third-order valence-corrected chi connectivity index (χ3v) is 4.06. The van der Waals surface area contributed by atoms with Crippen molar-refractivity contribution in [1.29, 1.82) is 0 Å². The molecule has 0 saturated carbocycles. The molecular weight excluding hydrogens is 304 g/mol. The molecule has 2 N–H and O–H groups in total. The van der Waals surface area contributed by atoms with Gasteiger partial charge in [-0.25, -0.2) is 0 Å². The Balaban J connectivity index is 1.53. The highest BCUT2D eigenvalue weighted by molar-refractivity contribution is 5.76. The predicted octanol–water partition coefficient (Wildman–Crippen LogP) is 2.33. The van der Waals surface area contributed by atoms with Crippen LogP contribution in [0.4, 0.5) is 0 Å². The third-order valence-electron chi connectivity index (χ3n) is 4.06. The van der Waals surface area contributed by atoms with Gasteiger partial charge in [0.25, 0.3) is 0 Å². The lowest BCUT2D eigenvalue weighted by Crippen LogP contribution is -2.34. The van der Waals surface area contributed by atoms with Gasteiger partial charge in [0.1, 0.15) is 0 Å². The van der Waals surface area contributed by atoms with Crippen LogP contribution in [0.1, 0.15) is 17.5 Å². The number of amides is 1. The molecule has 5 nitrogen and oxygen atoms in total. The number of ether oxygens (including phenoxy) is 2. The van der Waals surface area contributed by atoms with Gasteiger partial charge in [0.15, 0.2) is 11.5 Å². The summed E-state index contributed by atoms with van der Waals surface area (Å²) >= 11 is 0. The number of fused-ring (bicyclic) bond motifs is 1. The topological polar surface area (TPSA) is 64.8 Å². The fraction of sp³-hybridized carbons (Fsp3) is 0.316. The maximum Gasteiger partial charge on any atom is 0.231 e. The molecule has 1 heterocycles. The Bertz CT molecular complexity index is 703. The Kier molecular flexibility index (Phi) is 5.01. The summed E-state index contributed by atoms with van der Waals surface area (Å²) in [5.41, 5.74) is 8.28. The molecule has 0 aromatic heterocycles. The van der Waals surface area contributed by atoms with Gasteiger partial charge >= 0.3 is 0 Å². The second-order valence-electron chi connectivity index (χ2n) is 6.09. The summed E-state index contributed by atoms with van der Waals surface area (Å²) in [7, 11) is 1.79. The van der Waals surface area contributed by atoms with Gasteiger partial charge in [-0.2, -0.15) is 0 Å². The first kappa shape index (κ1) is 16.3. The van der Waals surface area contributed by atoms with Crippen LogP contribution in [0.25, 0.3) is 0 Å². The zero-order chi connectivity index (χ0) is 16.9. The van der Waals surface area contributed by atoms with E-state index in [1.54, 1.807) is 11.9 Å². The van der Waals surface area contributed by atoms with Gasteiger partial charge in [-0.1, -0.05) is 36.4 Å². The van der Waals surface area contributed by atoms with E-state index in [0.29, 0.717) is 19.4 Å². The van der Waals surface area contributed by atoms with E-state index in [1.807, 2.05) is 48.5 Å². The summed E-state index contributed by atoms with van der Waals surface area (Å²) < 4.78 is 10.7. The van der Waals surface area contributed by atoms with E-state index in [4.69, 9.17) is 15.2 Å². The first-order valence-corrected chi connectivity index (χ1v) is 8.04. The van der Waals surface area contributed by atoms with E-state index in [2.05, 4.69) is 0 Å². The lowest BCUT2D eigenvalue weighted by atomic mass is 10.0. The van der Waals surface area contributed by atoms with Crippen LogP contribution in [0, 0.1) is 0 Å². The van der Waals surface area contributed by atoms with Crippen molar-refractivity contribution >= 4 is 5.91 Å². The fourth-order valence-electron chi connectivity index (χ4n) is 2.77. The SMILES string of the molecule is CN(Cc1ccc2c(c1)OCO2)C(=O)C[C@@H](N)Cc1ccccc1. The predicted molar refractivity (Wildman–Crippen MR) is 91.8 cm³/mol. The van der Waals surface area contributed by atoms with Crippen LogP contribution >= 0.6 is 0 Å². The van der Waals surface area contributed by atoms with E-state index in [1.165, 1.54) is 0 Å². The summed E-state index contributed by atoms with van der Waals surface area (Å²) in [4.78, 5) is 14.1. The molecule has 1 atom stereocenters. The van der Waals surface area contributed by atoms with Crippen molar-refractivity contribution in [2.24, 2.45) is 5.73 Å². The van der Waals surface area contributed by atoms with Crippen LogP contribution in [0.5, 0.6) is 11.5 Å². The Morgan fingerprint density at radius 2 is 1.88 bits per heavy atom. The monoisotopic (exact) mass is 326 g/mol. The molecule has 0 bridgehead atoms. The minimum atomic E-state index is -0.181. The van der Waals surface area contributed by atoms with E-state index in [9.17, 15) is 4.79 Å². The van der Waals surface area contributed by atoms with Crippen LogP contribution in [-0.4, -0.2) is 30.7 Å². The molecule has 3 rings (SSSR count). The van der Waals surface area contributed by atoms with Crippen molar-refractivity contribution in [3.05, 3.63) is 59.7 Å². The summed E-state index contributed by atoms with van der Waals surface area (Å²) in [6, 6.07) is 15.5. The molecule has 5 heteroatoms. The lowest BCUT2D eigenvalue weighted by molar-refractivity contribution is -0.130. The molecule has 0 aliphatic carbocycles. The number of carbonyl (C=O) groups is 1. The van der Waals surface area contributed by atoms with Gasteiger partial charge in [-0.15, -0.1) is 0 Å². The maximum absolute atomic E-state index is 12.4. The molecule has 1 aliphatic heterocycles. The van der Waals surface area contributed by atoms with Crippen molar-refractivity contribution in [3.63, 3.8) is 0 Å². The summed E-state index contributed by atoms with van der Waals surface area (Å²) in [6.07, 6.45) is 1.03. The van der Waals surface area contributed by atoms with Crippen LogP contribution in [0.2, 0.25) is 0 Å². The minimum Gasteiger partial charge on any atom is -0.454 e. The number of nitrogens with two attached hydrogens (primary N) is 1. The van der Waals surface area contributed by atoms with E-state index < -0.39 is 0 Å². The highest BCUT2D eigenvalue weighted by atomic mass is 16.7. The Hall–Kier alpha value is -2.53. The zero-order valence-electron chi connectivity index (χ0n) is 13.8. The number of nitrogens with zero attached hydrogens (tertiary/aromatic N) is 1. The molecule has 0 spiro atoms. The van der Waals surface area contributed by atoms with Gasteiger partial charge in [-0.3, -0.25) is 4.79 Å². The molecule has 1 aliphatic rings. The molecule has 0 fully saturated rings. The van der Waals surface area contributed by atoms with Gasteiger partial charge in [0, 0.05) is 26.1 Å². The number of rotatable bonds is 6. The number of hydrogen-bond donors (Lipinski definition) is 1. The zero-order valence-corrected chi connectivity index (χ0v) is 13.8. The summed E-state index contributed by atoms with van der Waals surface area (Å²) in [6.45, 7) is 0.773. The van der Waals surface area contributed by atoms with Gasteiger partial charge < -0.3 is 20.1 Å². The van der Waals surface area contributed by atoms with Crippen LogP contribution in [0.3, 0.4) is 0 Å². The number of benzene rings is 2. The Labute approximate surface area is 142 Å². The summed E-state index contributed by atoms with van der Waals surface area (Å²) in [5.74, 6) is 1.52. The van der Waals surface area contributed by atoms with Crippen molar-refractivity contribution < 1.29 is 14.3 Å². The molecule has 0 unspecified atom stereocenters.